The van der Waals surface area contributed by atoms with Gasteiger partial charge < -0.3 is 9.80 Å². The molecule has 0 bridgehead atoms. The summed E-state index contributed by atoms with van der Waals surface area (Å²) in [6.07, 6.45) is 0.921. The Morgan fingerprint density at radius 2 is 1.64 bits per heavy atom. The number of para-hydroxylation sites is 1. The van der Waals surface area contributed by atoms with Crippen molar-refractivity contribution >= 4 is 17.5 Å². The summed E-state index contributed by atoms with van der Waals surface area (Å²) >= 11 is 0. The summed E-state index contributed by atoms with van der Waals surface area (Å²) in [6, 6.07) is 15.8. The molecule has 0 aliphatic carbocycles. The van der Waals surface area contributed by atoms with Crippen LogP contribution in [-0.4, -0.2) is 36.3 Å². The summed E-state index contributed by atoms with van der Waals surface area (Å²) in [6.45, 7) is 5.74. The molecular weight excluding hydrogens is 312 g/mol. The van der Waals surface area contributed by atoms with Crippen molar-refractivity contribution in [3.8, 4) is 0 Å². The third-order valence-electron chi connectivity index (χ3n) is 5.36. The third kappa shape index (κ3) is 2.72. The van der Waals surface area contributed by atoms with E-state index >= 15 is 0 Å². The zero-order valence-corrected chi connectivity index (χ0v) is 14.7. The standard InChI is InChI=1S/C21H22N2O2/c1-15-7-9-17(10-8-15)20(25)22-12-21(13-22)11-18-5-3-4-6-19(18)23(14-21)16(2)24/h3-10H,11-14H2,1-2H3. The van der Waals surface area contributed by atoms with Gasteiger partial charge in [-0.25, -0.2) is 0 Å². The minimum absolute atomic E-state index is 0.0135. The lowest BCUT2D eigenvalue weighted by Crippen LogP contribution is -2.65. The molecule has 2 heterocycles. The monoisotopic (exact) mass is 334 g/mol. The summed E-state index contributed by atoms with van der Waals surface area (Å²) in [7, 11) is 0. The molecule has 0 saturated carbocycles. The van der Waals surface area contributed by atoms with Crippen LogP contribution in [0.4, 0.5) is 5.69 Å². The number of hydrogen-bond donors (Lipinski definition) is 0. The number of aryl methyl sites for hydroxylation is 1. The molecule has 1 saturated heterocycles. The molecule has 0 atom stereocenters. The van der Waals surface area contributed by atoms with Gasteiger partial charge in [0.05, 0.1) is 0 Å². The van der Waals surface area contributed by atoms with E-state index in [4.69, 9.17) is 0 Å². The lowest BCUT2D eigenvalue weighted by atomic mass is 9.71. The van der Waals surface area contributed by atoms with Crippen LogP contribution in [0, 0.1) is 12.3 Å². The molecule has 0 N–H and O–H groups in total. The summed E-state index contributed by atoms with van der Waals surface area (Å²) in [4.78, 5) is 28.5. The molecule has 2 amide bonds. The zero-order valence-electron chi connectivity index (χ0n) is 14.7. The van der Waals surface area contributed by atoms with Gasteiger partial charge in [-0.05, 0) is 37.1 Å². The number of fused-ring (bicyclic) bond motifs is 1. The SMILES string of the molecule is CC(=O)N1CC2(Cc3ccccc31)CN(C(=O)c1ccc(C)cc1)C2. The number of nitrogens with zero attached hydrogens (tertiary/aromatic N) is 2. The zero-order chi connectivity index (χ0) is 17.6. The van der Waals surface area contributed by atoms with E-state index in [1.54, 1.807) is 6.92 Å². The second-order valence-corrected chi connectivity index (χ2v) is 7.44. The molecule has 2 aliphatic heterocycles. The molecule has 1 fully saturated rings. The van der Waals surface area contributed by atoms with Crippen LogP contribution in [0.3, 0.4) is 0 Å². The topological polar surface area (TPSA) is 40.6 Å². The minimum atomic E-state index is -0.0135. The van der Waals surface area contributed by atoms with E-state index in [0.29, 0.717) is 19.6 Å². The van der Waals surface area contributed by atoms with E-state index in [0.717, 1.165) is 23.2 Å². The van der Waals surface area contributed by atoms with Crippen LogP contribution < -0.4 is 4.90 Å². The van der Waals surface area contributed by atoms with Crippen molar-refractivity contribution in [1.82, 2.24) is 4.90 Å². The first kappa shape index (κ1) is 15.9. The molecule has 2 aliphatic rings. The van der Waals surface area contributed by atoms with Gasteiger partial charge in [0.2, 0.25) is 5.91 Å². The molecule has 4 rings (SSSR count). The maximum Gasteiger partial charge on any atom is 0.253 e. The van der Waals surface area contributed by atoms with Crippen LogP contribution in [0.5, 0.6) is 0 Å². The first-order chi connectivity index (χ1) is 12.0. The molecule has 1 spiro atoms. The van der Waals surface area contributed by atoms with Crippen LogP contribution in [0.25, 0.3) is 0 Å². The molecule has 4 nitrogen and oxygen atoms in total. The van der Waals surface area contributed by atoms with E-state index in [2.05, 4.69) is 6.07 Å². The summed E-state index contributed by atoms with van der Waals surface area (Å²) in [5, 5.41) is 0. The van der Waals surface area contributed by atoms with E-state index < -0.39 is 0 Å². The largest absolute Gasteiger partial charge is 0.337 e. The molecule has 4 heteroatoms. The lowest BCUT2D eigenvalue weighted by Gasteiger charge is -2.54. The number of carbonyl (C=O) groups is 2. The van der Waals surface area contributed by atoms with Crippen molar-refractivity contribution in [3.63, 3.8) is 0 Å². The highest BCUT2D eigenvalue weighted by Crippen LogP contribution is 2.43. The van der Waals surface area contributed by atoms with Crippen LogP contribution >= 0.6 is 0 Å². The molecular formula is C21H22N2O2. The highest BCUT2D eigenvalue weighted by atomic mass is 16.2. The Morgan fingerprint density at radius 3 is 2.32 bits per heavy atom. The molecule has 2 aromatic carbocycles. The van der Waals surface area contributed by atoms with Crippen molar-refractivity contribution in [2.24, 2.45) is 5.41 Å². The fraction of sp³-hybridized carbons (Fsp3) is 0.333. The highest BCUT2D eigenvalue weighted by Gasteiger charge is 2.49. The third-order valence-corrected chi connectivity index (χ3v) is 5.36. The van der Waals surface area contributed by atoms with Gasteiger partial charge in [-0.3, -0.25) is 9.59 Å². The van der Waals surface area contributed by atoms with E-state index in [1.165, 1.54) is 5.56 Å². The molecule has 25 heavy (non-hydrogen) atoms. The number of benzene rings is 2. The predicted molar refractivity (Wildman–Crippen MR) is 97.7 cm³/mol. The van der Waals surface area contributed by atoms with Gasteiger partial charge in [0.1, 0.15) is 0 Å². The second-order valence-electron chi connectivity index (χ2n) is 7.44. The highest BCUT2D eigenvalue weighted by molar-refractivity contribution is 5.96. The predicted octanol–water partition coefficient (Wildman–Crippen LogP) is 3.05. The normalized spacial score (nSPS) is 17.8. The Morgan fingerprint density at radius 1 is 0.960 bits per heavy atom. The van der Waals surface area contributed by atoms with Gasteiger partial charge >= 0.3 is 0 Å². The Hall–Kier alpha value is -2.62. The van der Waals surface area contributed by atoms with E-state index in [9.17, 15) is 9.59 Å². The van der Waals surface area contributed by atoms with Gasteiger partial charge in [0.15, 0.2) is 0 Å². The van der Waals surface area contributed by atoms with Gasteiger partial charge in [-0.15, -0.1) is 0 Å². The van der Waals surface area contributed by atoms with Crippen molar-refractivity contribution in [1.29, 1.82) is 0 Å². The van der Waals surface area contributed by atoms with Crippen molar-refractivity contribution in [3.05, 3.63) is 65.2 Å². The fourth-order valence-corrected chi connectivity index (χ4v) is 4.08. The van der Waals surface area contributed by atoms with E-state index in [-0.39, 0.29) is 17.2 Å². The number of amides is 2. The summed E-state index contributed by atoms with van der Waals surface area (Å²) in [5.74, 6) is 0.147. The van der Waals surface area contributed by atoms with Gasteiger partial charge in [0, 0.05) is 43.2 Å². The molecule has 0 radical (unpaired) electrons. The Labute approximate surface area is 148 Å². The molecule has 128 valence electrons. The Bertz CT molecular complexity index is 835. The number of anilines is 1. The average Bonchev–Trinajstić information content (AvgIpc) is 2.58. The van der Waals surface area contributed by atoms with Crippen molar-refractivity contribution in [2.75, 3.05) is 24.5 Å². The quantitative estimate of drug-likeness (QED) is 0.804. The van der Waals surface area contributed by atoms with Crippen LogP contribution in [0.2, 0.25) is 0 Å². The smallest absolute Gasteiger partial charge is 0.253 e. The second kappa shape index (κ2) is 5.73. The minimum Gasteiger partial charge on any atom is -0.337 e. The lowest BCUT2D eigenvalue weighted by molar-refractivity contribution is -0.117. The van der Waals surface area contributed by atoms with Gasteiger partial charge in [0.25, 0.3) is 5.91 Å². The van der Waals surface area contributed by atoms with Gasteiger partial charge in [-0.2, -0.15) is 0 Å². The first-order valence-corrected chi connectivity index (χ1v) is 8.69. The molecule has 0 aromatic heterocycles. The first-order valence-electron chi connectivity index (χ1n) is 8.69. The summed E-state index contributed by atoms with van der Waals surface area (Å²) in [5.41, 5.74) is 4.09. The van der Waals surface area contributed by atoms with Crippen LogP contribution in [0.15, 0.2) is 48.5 Å². The number of carbonyl (C=O) groups excluding carboxylic acids is 2. The Kier molecular flexibility index (Phi) is 3.64. The van der Waals surface area contributed by atoms with Crippen LogP contribution in [0.1, 0.15) is 28.4 Å². The van der Waals surface area contributed by atoms with Crippen molar-refractivity contribution < 1.29 is 9.59 Å². The molecule has 2 aromatic rings. The average molecular weight is 334 g/mol. The maximum atomic E-state index is 12.7. The van der Waals surface area contributed by atoms with Crippen LogP contribution in [-0.2, 0) is 11.2 Å². The van der Waals surface area contributed by atoms with Gasteiger partial charge in [-0.1, -0.05) is 35.9 Å². The fourth-order valence-electron chi connectivity index (χ4n) is 4.08. The number of likely N-dealkylation sites (tertiary alicyclic amines) is 1. The summed E-state index contributed by atoms with van der Waals surface area (Å²) < 4.78 is 0. The number of hydrogen-bond acceptors (Lipinski definition) is 2. The Balaban J connectivity index is 1.53. The number of rotatable bonds is 1. The molecule has 0 unspecified atom stereocenters. The van der Waals surface area contributed by atoms with Crippen molar-refractivity contribution in [2.45, 2.75) is 20.3 Å². The maximum absolute atomic E-state index is 12.7. The van der Waals surface area contributed by atoms with E-state index in [1.807, 2.05) is 59.2 Å².